The van der Waals surface area contributed by atoms with Crippen molar-refractivity contribution in [3.63, 3.8) is 0 Å². The summed E-state index contributed by atoms with van der Waals surface area (Å²) in [6.45, 7) is 1.14. The van der Waals surface area contributed by atoms with E-state index in [9.17, 15) is 9.59 Å². The second kappa shape index (κ2) is 10.1. The maximum atomic E-state index is 13.2. The van der Waals surface area contributed by atoms with Crippen molar-refractivity contribution in [3.8, 4) is 0 Å². The molecule has 2 amide bonds. The number of hydrogen-bond acceptors (Lipinski definition) is 3. The zero-order chi connectivity index (χ0) is 22.5. The molecular formula is C25H23Cl2N3O2. The summed E-state index contributed by atoms with van der Waals surface area (Å²) in [5.41, 5.74) is 4.56. The molecule has 3 aromatic rings. The Labute approximate surface area is 197 Å². The molecule has 0 radical (unpaired) electrons. The predicted octanol–water partition coefficient (Wildman–Crippen LogP) is 6.29. The summed E-state index contributed by atoms with van der Waals surface area (Å²) in [6.07, 6.45) is 3.01. The van der Waals surface area contributed by atoms with E-state index < -0.39 is 6.03 Å². The molecule has 1 heterocycles. The summed E-state index contributed by atoms with van der Waals surface area (Å²) in [4.78, 5) is 25.4. The van der Waals surface area contributed by atoms with Crippen LogP contribution in [0.1, 0.15) is 39.9 Å². The average molecular weight is 468 g/mol. The number of hydrogen-bond donors (Lipinski definition) is 3. The first-order valence-electron chi connectivity index (χ1n) is 10.5. The molecule has 0 bridgehead atoms. The van der Waals surface area contributed by atoms with Gasteiger partial charge in [-0.05, 0) is 54.7 Å². The van der Waals surface area contributed by atoms with Gasteiger partial charge in [0.2, 0.25) is 0 Å². The fourth-order valence-corrected chi connectivity index (χ4v) is 4.21. The van der Waals surface area contributed by atoms with Crippen LogP contribution < -0.4 is 16.0 Å². The van der Waals surface area contributed by atoms with Crippen LogP contribution in [0.4, 0.5) is 16.2 Å². The van der Waals surface area contributed by atoms with Gasteiger partial charge < -0.3 is 16.0 Å². The third-order valence-electron chi connectivity index (χ3n) is 5.47. The number of fused-ring (bicyclic) bond motifs is 1. The maximum absolute atomic E-state index is 13.2. The number of anilines is 2. The SMILES string of the molecule is O=C(NCc1ccc(C(=O)c2cccc3c2CCCCN3)cc1Cl)Nc1ccccc1Cl. The Hall–Kier alpha value is -3.02. The summed E-state index contributed by atoms with van der Waals surface area (Å²) in [7, 11) is 0. The minimum atomic E-state index is -0.395. The predicted molar refractivity (Wildman–Crippen MR) is 130 cm³/mol. The van der Waals surface area contributed by atoms with Crippen molar-refractivity contribution in [1.29, 1.82) is 0 Å². The van der Waals surface area contributed by atoms with Crippen LogP contribution in [0.25, 0.3) is 0 Å². The fourth-order valence-electron chi connectivity index (χ4n) is 3.78. The van der Waals surface area contributed by atoms with Crippen molar-refractivity contribution in [3.05, 3.63) is 93.0 Å². The second-order valence-electron chi connectivity index (χ2n) is 7.64. The normalized spacial score (nSPS) is 12.8. The van der Waals surface area contributed by atoms with Crippen LogP contribution in [0.3, 0.4) is 0 Å². The molecule has 0 saturated heterocycles. The summed E-state index contributed by atoms with van der Waals surface area (Å²) in [5, 5.41) is 9.75. The van der Waals surface area contributed by atoms with Crippen molar-refractivity contribution in [2.45, 2.75) is 25.8 Å². The molecule has 0 unspecified atom stereocenters. The Morgan fingerprint density at radius 2 is 1.78 bits per heavy atom. The number of carbonyl (C=O) groups excluding carboxylic acids is 2. The van der Waals surface area contributed by atoms with Crippen LogP contribution >= 0.6 is 23.2 Å². The van der Waals surface area contributed by atoms with Crippen LogP contribution in [0.2, 0.25) is 10.0 Å². The van der Waals surface area contributed by atoms with Gasteiger partial charge in [-0.3, -0.25) is 4.79 Å². The summed E-state index contributed by atoms with van der Waals surface area (Å²) in [6, 6.07) is 17.6. The van der Waals surface area contributed by atoms with E-state index in [1.165, 1.54) is 0 Å². The van der Waals surface area contributed by atoms with Crippen molar-refractivity contribution in [2.75, 3.05) is 17.2 Å². The summed E-state index contributed by atoms with van der Waals surface area (Å²) < 4.78 is 0. The molecular weight excluding hydrogens is 445 g/mol. The van der Waals surface area contributed by atoms with Gasteiger partial charge in [0.25, 0.3) is 0 Å². The zero-order valence-corrected chi connectivity index (χ0v) is 18.9. The number of amides is 2. The highest BCUT2D eigenvalue weighted by Crippen LogP contribution is 2.28. The number of benzene rings is 3. The molecule has 7 heteroatoms. The number of urea groups is 1. The van der Waals surface area contributed by atoms with Gasteiger partial charge in [0.1, 0.15) is 0 Å². The standard InChI is InChI=1S/C25H23Cl2N3O2/c26-20-8-1-2-9-23(20)30-25(32)29-15-17-12-11-16(14-21(17)27)24(31)19-7-5-10-22-18(19)6-3-4-13-28-22/h1-2,5,7-12,14,28H,3-4,6,13,15H2,(H2,29,30,32). The number of para-hydroxylation sites is 1. The molecule has 32 heavy (non-hydrogen) atoms. The van der Waals surface area contributed by atoms with Crippen LogP contribution in [0, 0.1) is 0 Å². The molecule has 3 aromatic carbocycles. The Morgan fingerprint density at radius 1 is 0.938 bits per heavy atom. The van der Waals surface area contributed by atoms with Gasteiger partial charge in [-0.15, -0.1) is 0 Å². The molecule has 1 aliphatic rings. The Balaban J connectivity index is 1.45. The van der Waals surface area contributed by atoms with E-state index in [0.29, 0.717) is 32.4 Å². The van der Waals surface area contributed by atoms with Crippen LogP contribution in [0.15, 0.2) is 60.7 Å². The van der Waals surface area contributed by atoms with Crippen molar-refractivity contribution in [1.82, 2.24) is 5.32 Å². The molecule has 0 atom stereocenters. The van der Waals surface area contributed by atoms with Gasteiger partial charge in [0, 0.05) is 34.9 Å². The second-order valence-corrected chi connectivity index (χ2v) is 8.45. The highest BCUT2D eigenvalue weighted by molar-refractivity contribution is 6.33. The lowest BCUT2D eigenvalue weighted by Crippen LogP contribution is -2.28. The molecule has 4 rings (SSSR count). The lowest BCUT2D eigenvalue weighted by Gasteiger charge is -2.13. The number of carbonyl (C=O) groups is 2. The summed E-state index contributed by atoms with van der Waals surface area (Å²) >= 11 is 12.5. The van der Waals surface area contributed by atoms with Crippen LogP contribution in [0.5, 0.6) is 0 Å². The quantitative estimate of drug-likeness (QED) is 0.385. The Kier molecular flexibility index (Phi) is 6.98. The molecule has 0 spiro atoms. The number of rotatable bonds is 5. The zero-order valence-electron chi connectivity index (χ0n) is 17.4. The van der Waals surface area contributed by atoms with Gasteiger partial charge in [-0.1, -0.05) is 59.6 Å². The van der Waals surface area contributed by atoms with E-state index in [2.05, 4.69) is 16.0 Å². The molecule has 0 fully saturated rings. The minimum Gasteiger partial charge on any atom is -0.385 e. The van der Waals surface area contributed by atoms with Gasteiger partial charge in [-0.2, -0.15) is 0 Å². The monoisotopic (exact) mass is 467 g/mol. The van der Waals surface area contributed by atoms with Gasteiger partial charge in [0.05, 0.1) is 10.7 Å². The molecule has 0 aromatic heterocycles. The van der Waals surface area contributed by atoms with Crippen LogP contribution in [-0.4, -0.2) is 18.4 Å². The number of ketones is 1. The molecule has 164 valence electrons. The van der Waals surface area contributed by atoms with Crippen LogP contribution in [-0.2, 0) is 13.0 Å². The van der Waals surface area contributed by atoms with E-state index >= 15 is 0 Å². The Bertz CT molecular complexity index is 1160. The molecule has 0 saturated carbocycles. The van der Waals surface area contributed by atoms with Crippen molar-refractivity contribution in [2.24, 2.45) is 0 Å². The first kappa shape index (κ1) is 22.2. The summed E-state index contributed by atoms with van der Waals surface area (Å²) in [5.74, 6) is -0.0524. The largest absolute Gasteiger partial charge is 0.385 e. The number of nitrogens with one attached hydrogen (secondary N) is 3. The molecule has 1 aliphatic heterocycles. The number of halogens is 2. The highest BCUT2D eigenvalue weighted by atomic mass is 35.5. The van der Waals surface area contributed by atoms with Gasteiger partial charge in [0.15, 0.2) is 5.78 Å². The maximum Gasteiger partial charge on any atom is 0.319 e. The lowest BCUT2D eigenvalue weighted by atomic mass is 9.94. The molecule has 3 N–H and O–H groups in total. The van der Waals surface area contributed by atoms with Crippen molar-refractivity contribution < 1.29 is 9.59 Å². The van der Waals surface area contributed by atoms with Crippen molar-refractivity contribution >= 4 is 46.4 Å². The first-order valence-corrected chi connectivity index (χ1v) is 11.3. The van der Waals surface area contributed by atoms with E-state index in [-0.39, 0.29) is 12.3 Å². The third-order valence-corrected chi connectivity index (χ3v) is 6.15. The van der Waals surface area contributed by atoms with E-state index in [4.69, 9.17) is 23.2 Å². The molecule has 5 nitrogen and oxygen atoms in total. The third kappa shape index (κ3) is 5.06. The molecule has 0 aliphatic carbocycles. The van der Waals surface area contributed by atoms with Gasteiger partial charge in [-0.25, -0.2) is 4.79 Å². The minimum absolute atomic E-state index is 0.0524. The topological polar surface area (TPSA) is 70.2 Å². The smallest absolute Gasteiger partial charge is 0.319 e. The lowest BCUT2D eigenvalue weighted by molar-refractivity contribution is 0.103. The highest BCUT2D eigenvalue weighted by Gasteiger charge is 2.19. The van der Waals surface area contributed by atoms with E-state index in [0.717, 1.165) is 37.1 Å². The van der Waals surface area contributed by atoms with E-state index in [1.54, 1.807) is 42.5 Å². The van der Waals surface area contributed by atoms with E-state index in [1.807, 2.05) is 18.2 Å². The first-order chi connectivity index (χ1) is 15.5. The van der Waals surface area contributed by atoms with Gasteiger partial charge >= 0.3 is 6.03 Å². The fraction of sp³-hybridized carbons (Fsp3) is 0.200. The Morgan fingerprint density at radius 3 is 2.59 bits per heavy atom. The average Bonchev–Trinajstić information content (AvgIpc) is 3.05.